The van der Waals surface area contributed by atoms with Crippen LogP contribution in [0.2, 0.25) is 0 Å². The molecule has 1 aliphatic rings. The predicted octanol–water partition coefficient (Wildman–Crippen LogP) is 1.74. The van der Waals surface area contributed by atoms with E-state index >= 15 is 0 Å². The van der Waals surface area contributed by atoms with Crippen molar-refractivity contribution < 1.29 is 4.79 Å². The molecule has 21 heavy (non-hydrogen) atoms. The Labute approximate surface area is 141 Å². The summed E-state index contributed by atoms with van der Waals surface area (Å²) in [4.78, 5) is 15.6. The number of halogens is 1. The van der Waals surface area contributed by atoms with E-state index in [0.29, 0.717) is 0 Å². The molecule has 1 aliphatic carbocycles. The number of nitrogens with one attached hydrogen (secondary N) is 3. The van der Waals surface area contributed by atoms with E-state index < -0.39 is 0 Å². The van der Waals surface area contributed by atoms with Crippen LogP contribution in [-0.2, 0) is 17.6 Å². The van der Waals surface area contributed by atoms with Gasteiger partial charge in [-0.3, -0.25) is 15.6 Å². The molecular weight excluding hydrogens is 399 g/mol. The second-order valence-electron chi connectivity index (χ2n) is 5.19. The molecule has 1 atom stereocenters. The molecule has 5 N–H and O–H groups in total. The molecule has 0 spiro atoms. The van der Waals surface area contributed by atoms with Crippen molar-refractivity contribution in [3.63, 3.8) is 0 Å². The van der Waals surface area contributed by atoms with E-state index in [2.05, 4.69) is 68.8 Å². The molecule has 1 unspecified atom stereocenters. The van der Waals surface area contributed by atoms with Crippen molar-refractivity contribution in [2.24, 2.45) is 11.7 Å². The van der Waals surface area contributed by atoms with Crippen LogP contribution >= 0.6 is 34.8 Å². The molecule has 0 saturated carbocycles. The number of amides is 1. The van der Waals surface area contributed by atoms with E-state index in [9.17, 15) is 4.79 Å². The first-order valence-electron chi connectivity index (χ1n) is 6.69. The zero-order chi connectivity index (χ0) is 15.0. The highest BCUT2D eigenvalue weighted by molar-refractivity contribution is 14.1. The van der Waals surface area contributed by atoms with Crippen molar-refractivity contribution in [2.75, 3.05) is 0 Å². The first kappa shape index (κ1) is 14.6. The standard InChI is InChI=1S/C14H15IN4OS/c15-8-2-4-12-10(6-8)9-5-7(1-3-11(9)17-12)13(20)18-19-14(16)21/h2,4,6-7,17H,1,3,5H2,(H,18,20)(H3,16,19,21). The van der Waals surface area contributed by atoms with Gasteiger partial charge in [-0.2, -0.15) is 0 Å². The molecule has 110 valence electrons. The summed E-state index contributed by atoms with van der Waals surface area (Å²) in [6, 6.07) is 6.35. The minimum atomic E-state index is -0.0616. The van der Waals surface area contributed by atoms with Crippen molar-refractivity contribution in [1.29, 1.82) is 0 Å². The molecule has 0 aliphatic heterocycles. The molecule has 1 aromatic carbocycles. The van der Waals surface area contributed by atoms with Gasteiger partial charge in [-0.05, 0) is 77.8 Å². The lowest BCUT2D eigenvalue weighted by atomic mass is 9.86. The number of hydrogen-bond donors (Lipinski definition) is 4. The Morgan fingerprint density at radius 3 is 3.00 bits per heavy atom. The molecule has 0 radical (unpaired) electrons. The highest BCUT2D eigenvalue weighted by Crippen LogP contribution is 2.32. The van der Waals surface area contributed by atoms with E-state index in [1.165, 1.54) is 20.2 Å². The van der Waals surface area contributed by atoms with Crippen molar-refractivity contribution in [2.45, 2.75) is 19.3 Å². The Balaban J connectivity index is 1.84. The van der Waals surface area contributed by atoms with E-state index in [-0.39, 0.29) is 16.9 Å². The Bertz CT molecular complexity index is 727. The Hall–Kier alpha value is -1.35. The molecule has 3 rings (SSSR count). The molecule has 0 saturated heterocycles. The largest absolute Gasteiger partial charge is 0.375 e. The fraction of sp³-hybridized carbons (Fsp3) is 0.286. The van der Waals surface area contributed by atoms with Crippen LogP contribution in [0.3, 0.4) is 0 Å². The summed E-state index contributed by atoms with van der Waals surface area (Å²) in [7, 11) is 0. The van der Waals surface area contributed by atoms with Gasteiger partial charge in [0.25, 0.3) is 0 Å². The molecular formula is C14H15IN4OS. The SMILES string of the molecule is NC(=S)NNC(=O)C1CCc2[nH]c3ccc(I)cc3c2C1. The van der Waals surface area contributed by atoms with Gasteiger partial charge in [0.05, 0.1) is 0 Å². The minimum absolute atomic E-state index is 0.0591. The maximum absolute atomic E-state index is 12.1. The summed E-state index contributed by atoms with van der Waals surface area (Å²) < 4.78 is 1.20. The van der Waals surface area contributed by atoms with Crippen LogP contribution in [0.4, 0.5) is 0 Å². The molecule has 5 nitrogen and oxygen atoms in total. The van der Waals surface area contributed by atoms with Gasteiger partial charge in [0, 0.05) is 26.1 Å². The number of H-pyrrole nitrogens is 1. The number of aromatic nitrogens is 1. The number of thiocarbonyl (C=S) groups is 1. The minimum Gasteiger partial charge on any atom is -0.375 e. The first-order chi connectivity index (χ1) is 10.0. The summed E-state index contributed by atoms with van der Waals surface area (Å²) in [5.41, 5.74) is 14.0. The number of hydrogen-bond acceptors (Lipinski definition) is 2. The normalized spacial score (nSPS) is 17.3. The average molecular weight is 414 g/mol. The monoisotopic (exact) mass is 414 g/mol. The van der Waals surface area contributed by atoms with Gasteiger partial charge in [0.15, 0.2) is 5.11 Å². The number of carbonyl (C=O) groups excluding carboxylic acids is 1. The highest BCUT2D eigenvalue weighted by atomic mass is 127. The molecule has 0 bridgehead atoms. The number of carbonyl (C=O) groups is 1. The maximum Gasteiger partial charge on any atom is 0.241 e. The quantitative estimate of drug-likeness (QED) is 0.326. The van der Waals surface area contributed by atoms with Gasteiger partial charge in [-0.25, -0.2) is 0 Å². The van der Waals surface area contributed by atoms with Crippen LogP contribution in [0.1, 0.15) is 17.7 Å². The number of aromatic amines is 1. The number of rotatable bonds is 1. The van der Waals surface area contributed by atoms with Crippen molar-refractivity contribution >= 4 is 56.7 Å². The lowest BCUT2D eigenvalue weighted by Crippen LogP contribution is -2.47. The van der Waals surface area contributed by atoms with Gasteiger partial charge in [-0.15, -0.1) is 0 Å². The lowest BCUT2D eigenvalue weighted by molar-refractivity contribution is -0.125. The maximum atomic E-state index is 12.1. The van der Waals surface area contributed by atoms with Gasteiger partial charge < -0.3 is 10.7 Å². The summed E-state index contributed by atoms with van der Waals surface area (Å²) in [6.07, 6.45) is 2.44. The molecule has 1 aromatic heterocycles. The van der Waals surface area contributed by atoms with Crippen LogP contribution in [0.25, 0.3) is 10.9 Å². The van der Waals surface area contributed by atoms with E-state index in [4.69, 9.17) is 5.73 Å². The van der Waals surface area contributed by atoms with Gasteiger partial charge in [0.2, 0.25) is 5.91 Å². The van der Waals surface area contributed by atoms with E-state index in [1.807, 2.05) is 0 Å². The average Bonchev–Trinajstić information content (AvgIpc) is 2.81. The van der Waals surface area contributed by atoms with Crippen LogP contribution < -0.4 is 16.6 Å². The third-order valence-corrected chi connectivity index (χ3v) is 4.60. The Morgan fingerprint density at radius 2 is 2.24 bits per heavy atom. The third-order valence-electron chi connectivity index (χ3n) is 3.83. The summed E-state index contributed by atoms with van der Waals surface area (Å²) in [5, 5.41) is 1.29. The second-order valence-corrected chi connectivity index (χ2v) is 6.88. The highest BCUT2D eigenvalue weighted by Gasteiger charge is 2.27. The smallest absolute Gasteiger partial charge is 0.241 e. The number of aryl methyl sites for hydroxylation is 1. The molecule has 2 aromatic rings. The number of nitrogens with two attached hydrogens (primary N) is 1. The third kappa shape index (κ3) is 2.98. The Morgan fingerprint density at radius 1 is 1.43 bits per heavy atom. The zero-order valence-corrected chi connectivity index (χ0v) is 14.2. The number of hydrazine groups is 1. The fourth-order valence-electron chi connectivity index (χ4n) is 2.84. The van der Waals surface area contributed by atoms with E-state index in [1.54, 1.807) is 0 Å². The van der Waals surface area contributed by atoms with Crippen molar-refractivity contribution in [1.82, 2.24) is 15.8 Å². The van der Waals surface area contributed by atoms with Crippen molar-refractivity contribution in [3.8, 4) is 0 Å². The zero-order valence-electron chi connectivity index (χ0n) is 11.2. The van der Waals surface area contributed by atoms with Gasteiger partial charge in [-0.1, -0.05) is 0 Å². The predicted molar refractivity (Wildman–Crippen MR) is 94.6 cm³/mol. The summed E-state index contributed by atoms with van der Waals surface area (Å²) >= 11 is 7.00. The van der Waals surface area contributed by atoms with Gasteiger partial charge in [0.1, 0.15) is 0 Å². The van der Waals surface area contributed by atoms with Crippen LogP contribution in [0, 0.1) is 9.49 Å². The number of fused-ring (bicyclic) bond motifs is 3. The summed E-state index contributed by atoms with van der Waals surface area (Å²) in [5.74, 6) is -0.121. The fourth-order valence-corrected chi connectivity index (χ4v) is 3.38. The second kappa shape index (κ2) is 5.80. The topological polar surface area (TPSA) is 82.9 Å². The molecule has 1 amide bonds. The summed E-state index contributed by atoms with van der Waals surface area (Å²) in [6.45, 7) is 0. The van der Waals surface area contributed by atoms with Crippen LogP contribution in [0.15, 0.2) is 18.2 Å². The molecule has 1 heterocycles. The van der Waals surface area contributed by atoms with Crippen LogP contribution in [-0.4, -0.2) is 16.0 Å². The van der Waals surface area contributed by atoms with E-state index in [0.717, 1.165) is 24.8 Å². The molecule has 0 fully saturated rings. The number of benzene rings is 1. The van der Waals surface area contributed by atoms with Gasteiger partial charge >= 0.3 is 0 Å². The first-order valence-corrected chi connectivity index (χ1v) is 8.17. The van der Waals surface area contributed by atoms with Crippen molar-refractivity contribution in [3.05, 3.63) is 33.0 Å². The lowest BCUT2D eigenvalue weighted by Gasteiger charge is -2.22. The van der Waals surface area contributed by atoms with Crippen LogP contribution in [0.5, 0.6) is 0 Å². The Kier molecular flexibility index (Phi) is 4.03. The molecule has 7 heteroatoms.